The van der Waals surface area contributed by atoms with Crippen LogP contribution in [0, 0.1) is 0 Å². The maximum absolute atomic E-state index is 9.70. The van der Waals surface area contributed by atoms with Crippen molar-refractivity contribution in [3.8, 4) is 17.0 Å². The minimum Gasteiger partial charge on any atom is -0.465 e. The molecule has 7 nitrogen and oxygen atoms in total. The van der Waals surface area contributed by atoms with Crippen molar-refractivity contribution < 1.29 is 14.6 Å². The van der Waals surface area contributed by atoms with E-state index >= 15 is 0 Å². The van der Waals surface area contributed by atoms with Crippen LogP contribution in [0.2, 0.25) is 0 Å². The highest BCUT2D eigenvalue weighted by Gasteiger charge is 2.33. The fourth-order valence-corrected chi connectivity index (χ4v) is 4.02. The van der Waals surface area contributed by atoms with Gasteiger partial charge in [-0.2, -0.15) is 0 Å². The number of hydrogen-bond donors (Lipinski definition) is 2. The van der Waals surface area contributed by atoms with Gasteiger partial charge in [0.05, 0.1) is 12.7 Å². The van der Waals surface area contributed by atoms with Crippen LogP contribution in [0.25, 0.3) is 16.8 Å². The van der Waals surface area contributed by atoms with Crippen molar-refractivity contribution in [1.29, 1.82) is 0 Å². The number of hydrogen-bond acceptors (Lipinski definition) is 6. The van der Waals surface area contributed by atoms with Crippen molar-refractivity contribution in [2.45, 2.75) is 50.4 Å². The fraction of sp³-hybridized carbons (Fsp3) is 0.429. The van der Waals surface area contributed by atoms with E-state index in [2.05, 4.69) is 4.98 Å². The van der Waals surface area contributed by atoms with E-state index in [1.54, 1.807) is 6.20 Å². The van der Waals surface area contributed by atoms with E-state index in [1.165, 1.54) is 0 Å². The molecule has 0 amide bonds. The summed E-state index contributed by atoms with van der Waals surface area (Å²) in [6.45, 7) is 0.758. The second-order valence-electron chi connectivity index (χ2n) is 7.61. The number of benzene rings is 1. The van der Waals surface area contributed by atoms with E-state index < -0.39 is 0 Å². The van der Waals surface area contributed by atoms with Gasteiger partial charge in [-0.1, -0.05) is 0 Å². The smallest absolute Gasteiger partial charge is 0.199 e. The van der Waals surface area contributed by atoms with Gasteiger partial charge in [0.15, 0.2) is 6.29 Å². The molecular formula is C21H24N4O3. The number of fused-ring (bicyclic) bond motifs is 1. The Balaban J connectivity index is 1.47. The SMILES string of the molecule is Nc1nccn2c1c(-c1ccc(OC3CCCCO3)cc1)nc2[C@H]1C[C@@H](O)C1. The lowest BCUT2D eigenvalue weighted by Crippen LogP contribution is -2.27. The Labute approximate surface area is 163 Å². The molecule has 2 fully saturated rings. The third-order valence-corrected chi connectivity index (χ3v) is 5.62. The molecule has 1 aliphatic heterocycles. The van der Waals surface area contributed by atoms with Crippen molar-refractivity contribution in [3.63, 3.8) is 0 Å². The molecule has 3 N–H and O–H groups in total. The predicted octanol–water partition coefficient (Wildman–Crippen LogP) is 3.12. The molecule has 0 bridgehead atoms. The molecule has 1 aromatic carbocycles. The molecule has 28 heavy (non-hydrogen) atoms. The molecule has 1 unspecified atom stereocenters. The molecule has 3 heterocycles. The highest BCUT2D eigenvalue weighted by atomic mass is 16.7. The van der Waals surface area contributed by atoms with Crippen molar-refractivity contribution in [3.05, 3.63) is 42.5 Å². The van der Waals surface area contributed by atoms with Crippen LogP contribution >= 0.6 is 0 Å². The number of ether oxygens (including phenoxy) is 2. The number of nitrogen functional groups attached to an aromatic ring is 1. The third-order valence-electron chi connectivity index (χ3n) is 5.62. The number of anilines is 1. The first-order chi connectivity index (χ1) is 13.7. The van der Waals surface area contributed by atoms with Gasteiger partial charge >= 0.3 is 0 Å². The zero-order chi connectivity index (χ0) is 19.1. The summed E-state index contributed by atoms with van der Waals surface area (Å²) in [6.07, 6.45) is 7.79. The van der Waals surface area contributed by atoms with Gasteiger partial charge in [0, 0.05) is 30.3 Å². The third kappa shape index (κ3) is 3.10. The number of nitrogens with two attached hydrogens (primary N) is 1. The maximum atomic E-state index is 9.70. The Morgan fingerprint density at radius 2 is 2.00 bits per heavy atom. The van der Waals surface area contributed by atoms with Crippen LogP contribution in [-0.4, -0.2) is 38.5 Å². The minimum atomic E-state index is -0.238. The van der Waals surface area contributed by atoms with E-state index in [4.69, 9.17) is 20.2 Å². The van der Waals surface area contributed by atoms with Crippen molar-refractivity contribution >= 4 is 11.3 Å². The summed E-state index contributed by atoms with van der Waals surface area (Å²) in [5, 5.41) is 9.70. The molecule has 1 atom stereocenters. The first-order valence-electron chi connectivity index (χ1n) is 9.88. The molecule has 5 rings (SSSR count). The van der Waals surface area contributed by atoms with Gasteiger partial charge in [0.1, 0.15) is 28.6 Å². The average Bonchev–Trinajstić information content (AvgIpc) is 3.07. The summed E-state index contributed by atoms with van der Waals surface area (Å²) in [5.74, 6) is 2.41. The number of aliphatic hydroxyl groups excluding tert-OH is 1. The van der Waals surface area contributed by atoms with Gasteiger partial charge in [-0.25, -0.2) is 9.97 Å². The van der Waals surface area contributed by atoms with Gasteiger partial charge in [-0.05, 0) is 49.9 Å². The van der Waals surface area contributed by atoms with Crippen LogP contribution in [0.15, 0.2) is 36.7 Å². The topological polar surface area (TPSA) is 94.9 Å². The average molecular weight is 380 g/mol. The number of aliphatic hydroxyl groups is 1. The molecule has 1 saturated heterocycles. The molecule has 1 saturated carbocycles. The summed E-state index contributed by atoms with van der Waals surface area (Å²) in [6, 6.07) is 7.87. The Hall–Kier alpha value is -2.64. The lowest BCUT2D eigenvalue weighted by Gasteiger charge is -2.30. The van der Waals surface area contributed by atoms with Crippen molar-refractivity contribution in [2.75, 3.05) is 12.3 Å². The van der Waals surface area contributed by atoms with Gasteiger partial charge in [-0.15, -0.1) is 0 Å². The van der Waals surface area contributed by atoms with E-state index in [0.29, 0.717) is 5.82 Å². The van der Waals surface area contributed by atoms with Gasteiger partial charge in [0.2, 0.25) is 0 Å². The maximum Gasteiger partial charge on any atom is 0.199 e. The van der Waals surface area contributed by atoms with Crippen LogP contribution in [0.3, 0.4) is 0 Å². The highest BCUT2D eigenvalue weighted by molar-refractivity contribution is 5.85. The molecule has 7 heteroatoms. The minimum absolute atomic E-state index is 0.162. The molecule has 1 aliphatic carbocycles. The van der Waals surface area contributed by atoms with E-state index in [0.717, 1.165) is 67.1 Å². The van der Waals surface area contributed by atoms with Gasteiger partial charge in [-0.3, -0.25) is 4.40 Å². The van der Waals surface area contributed by atoms with Crippen LogP contribution in [0.4, 0.5) is 5.82 Å². The van der Waals surface area contributed by atoms with Crippen molar-refractivity contribution in [2.24, 2.45) is 0 Å². The molecular weight excluding hydrogens is 356 g/mol. The molecule has 3 aromatic rings. The summed E-state index contributed by atoms with van der Waals surface area (Å²) >= 11 is 0. The summed E-state index contributed by atoms with van der Waals surface area (Å²) in [7, 11) is 0. The van der Waals surface area contributed by atoms with Gasteiger partial charge < -0.3 is 20.3 Å². The summed E-state index contributed by atoms with van der Waals surface area (Å²) in [4.78, 5) is 9.13. The monoisotopic (exact) mass is 380 g/mol. The molecule has 2 aliphatic rings. The first-order valence-corrected chi connectivity index (χ1v) is 9.88. The Morgan fingerprint density at radius 1 is 1.18 bits per heavy atom. The van der Waals surface area contributed by atoms with Crippen LogP contribution in [0.5, 0.6) is 5.75 Å². The van der Waals surface area contributed by atoms with Gasteiger partial charge in [0.25, 0.3) is 0 Å². The zero-order valence-corrected chi connectivity index (χ0v) is 15.6. The van der Waals surface area contributed by atoms with Crippen LogP contribution in [-0.2, 0) is 4.74 Å². The lowest BCUT2D eigenvalue weighted by atomic mass is 9.82. The number of aromatic nitrogens is 3. The summed E-state index contributed by atoms with van der Waals surface area (Å²) < 4.78 is 13.6. The Kier molecular flexibility index (Phi) is 4.41. The number of imidazole rings is 1. The normalized spacial score (nSPS) is 24.8. The first kappa shape index (κ1) is 17.5. The number of nitrogens with zero attached hydrogens (tertiary/aromatic N) is 3. The molecule has 0 spiro atoms. The van der Waals surface area contributed by atoms with Crippen LogP contribution in [0.1, 0.15) is 43.8 Å². The van der Waals surface area contributed by atoms with E-state index in [1.807, 2.05) is 34.9 Å². The second kappa shape index (κ2) is 7.07. The zero-order valence-electron chi connectivity index (χ0n) is 15.6. The second-order valence-corrected chi connectivity index (χ2v) is 7.61. The molecule has 146 valence electrons. The molecule has 2 aromatic heterocycles. The Bertz CT molecular complexity index is 973. The summed E-state index contributed by atoms with van der Waals surface area (Å²) in [5.41, 5.74) is 8.76. The van der Waals surface area contributed by atoms with E-state index in [-0.39, 0.29) is 18.3 Å². The Morgan fingerprint density at radius 3 is 2.71 bits per heavy atom. The number of rotatable bonds is 4. The standard InChI is InChI=1S/C21H24N4O3/c22-20-19-18(24-21(14-11-15(26)12-14)25(19)9-8-23-20)13-4-6-16(7-5-13)28-17-3-1-2-10-27-17/h4-9,14-15,17,26H,1-3,10-12H2,(H2,22,23)/t14-,15+,17?. The van der Waals surface area contributed by atoms with E-state index in [9.17, 15) is 5.11 Å². The fourth-order valence-electron chi connectivity index (χ4n) is 4.02. The van der Waals surface area contributed by atoms with Crippen LogP contribution < -0.4 is 10.5 Å². The quantitative estimate of drug-likeness (QED) is 0.722. The molecule has 0 radical (unpaired) electrons. The van der Waals surface area contributed by atoms with Crippen molar-refractivity contribution in [1.82, 2.24) is 14.4 Å². The largest absolute Gasteiger partial charge is 0.465 e. The predicted molar refractivity (Wildman–Crippen MR) is 105 cm³/mol. The highest BCUT2D eigenvalue weighted by Crippen LogP contribution is 2.39. The lowest BCUT2D eigenvalue weighted by molar-refractivity contribution is -0.105.